The number of pyridine rings is 1. The number of rotatable bonds is 2. The van der Waals surface area contributed by atoms with Crippen LogP contribution in [0, 0.1) is 5.92 Å². The molecular formula is C15H21NS. The first-order valence-electron chi connectivity index (χ1n) is 6.40. The van der Waals surface area contributed by atoms with Gasteiger partial charge in [-0.1, -0.05) is 27.7 Å². The molecule has 0 N–H and O–H groups in total. The molecule has 1 aliphatic heterocycles. The Kier molecular flexibility index (Phi) is 3.93. The molecule has 1 aromatic heterocycles. The van der Waals surface area contributed by atoms with Crippen molar-refractivity contribution in [2.24, 2.45) is 5.92 Å². The predicted molar refractivity (Wildman–Crippen MR) is 77.3 cm³/mol. The molecule has 2 heteroatoms. The molecule has 2 heterocycles. The van der Waals surface area contributed by atoms with Crippen molar-refractivity contribution in [1.29, 1.82) is 0 Å². The quantitative estimate of drug-likeness (QED) is 0.763. The topological polar surface area (TPSA) is 12.9 Å². The van der Waals surface area contributed by atoms with Crippen LogP contribution < -0.4 is 0 Å². The van der Waals surface area contributed by atoms with E-state index < -0.39 is 0 Å². The Morgan fingerprint density at radius 2 is 1.88 bits per heavy atom. The summed E-state index contributed by atoms with van der Waals surface area (Å²) in [6, 6.07) is 0. The maximum Gasteiger partial charge on any atom is 0.0308 e. The minimum absolute atomic E-state index is 0.544. The molecule has 0 radical (unpaired) electrons. The van der Waals surface area contributed by atoms with Gasteiger partial charge in [-0.25, -0.2) is 0 Å². The van der Waals surface area contributed by atoms with Gasteiger partial charge in [0.05, 0.1) is 0 Å². The van der Waals surface area contributed by atoms with Gasteiger partial charge in [0, 0.05) is 18.1 Å². The fraction of sp³-hybridized carbons (Fsp3) is 0.533. The molecule has 0 unspecified atom stereocenters. The maximum absolute atomic E-state index is 4.42. The molecule has 0 saturated heterocycles. The zero-order valence-electron chi connectivity index (χ0n) is 11.2. The fourth-order valence-electron chi connectivity index (χ4n) is 2.30. The van der Waals surface area contributed by atoms with E-state index in [0.717, 1.165) is 6.42 Å². The van der Waals surface area contributed by atoms with Gasteiger partial charge in [0.25, 0.3) is 0 Å². The van der Waals surface area contributed by atoms with Gasteiger partial charge in [-0.3, -0.25) is 4.98 Å². The van der Waals surface area contributed by atoms with Gasteiger partial charge in [0.15, 0.2) is 0 Å². The number of thioether (sulfide) groups is 1. The highest BCUT2D eigenvalue weighted by Gasteiger charge is 2.19. The lowest BCUT2D eigenvalue weighted by atomic mass is 9.86. The van der Waals surface area contributed by atoms with Gasteiger partial charge in [-0.2, -0.15) is 0 Å². The number of allylic oxidation sites excluding steroid dienone is 1. The lowest BCUT2D eigenvalue weighted by Crippen LogP contribution is -2.05. The SMILES string of the molecule is CC(C)C1=CSCCc2cncc(C(C)C)c21. The summed E-state index contributed by atoms with van der Waals surface area (Å²) in [4.78, 5) is 4.42. The smallest absolute Gasteiger partial charge is 0.0308 e. The summed E-state index contributed by atoms with van der Waals surface area (Å²) in [7, 11) is 0. The largest absolute Gasteiger partial charge is 0.264 e. The summed E-state index contributed by atoms with van der Waals surface area (Å²) in [5.74, 6) is 2.30. The van der Waals surface area contributed by atoms with Gasteiger partial charge in [0.2, 0.25) is 0 Å². The van der Waals surface area contributed by atoms with Gasteiger partial charge < -0.3 is 0 Å². The number of aryl methyl sites for hydroxylation is 1. The molecule has 1 aromatic rings. The van der Waals surface area contributed by atoms with E-state index in [9.17, 15) is 0 Å². The van der Waals surface area contributed by atoms with Crippen LogP contribution in [0.15, 0.2) is 17.8 Å². The summed E-state index contributed by atoms with van der Waals surface area (Å²) in [5.41, 5.74) is 5.81. The molecular weight excluding hydrogens is 226 g/mol. The van der Waals surface area contributed by atoms with E-state index in [1.54, 1.807) is 0 Å². The Labute approximate surface area is 109 Å². The number of aromatic nitrogens is 1. The molecule has 0 aromatic carbocycles. The van der Waals surface area contributed by atoms with Crippen LogP contribution in [0.25, 0.3) is 5.57 Å². The van der Waals surface area contributed by atoms with E-state index in [2.05, 4.69) is 50.5 Å². The van der Waals surface area contributed by atoms with Crippen LogP contribution in [-0.4, -0.2) is 10.7 Å². The first-order chi connectivity index (χ1) is 8.11. The van der Waals surface area contributed by atoms with Crippen LogP contribution in [-0.2, 0) is 6.42 Å². The Balaban J connectivity index is 2.61. The molecule has 92 valence electrons. The lowest BCUT2D eigenvalue weighted by Gasteiger charge is -2.19. The van der Waals surface area contributed by atoms with Crippen molar-refractivity contribution in [2.45, 2.75) is 40.0 Å². The standard InChI is InChI=1S/C15H21NS/c1-10(2)13-8-16-7-12-5-6-17-9-14(11(3)4)15(12)13/h7-11H,5-6H2,1-4H3. The normalized spacial score (nSPS) is 15.8. The molecule has 1 aliphatic rings. The molecule has 17 heavy (non-hydrogen) atoms. The van der Waals surface area contributed by atoms with Crippen LogP contribution >= 0.6 is 11.8 Å². The zero-order chi connectivity index (χ0) is 12.4. The van der Waals surface area contributed by atoms with Crippen LogP contribution in [0.5, 0.6) is 0 Å². The second-order valence-electron chi connectivity index (χ2n) is 5.27. The van der Waals surface area contributed by atoms with Crippen LogP contribution in [0.1, 0.15) is 50.3 Å². The van der Waals surface area contributed by atoms with E-state index in [0.29, 0.717) is 11.8 Å². The first kappa shape index (κ1) is 12.7. The van der Waals surface area contributed by atoms with Gasteiger partial charge in [0.1, 0.15) is 0 Å². The van der Waals surface area contributed by atoms with E-state index in [4.69, 9.17) is 0 Å². The first-order valence-corrected chi connectivity index (χ1v) is 7.45. The van der Waals surface area contributed by atoms with Gasteiger partial charge >= 0.3 is 0 Å². The third-order valence-corrected chi connectivity index (χ3v) is 4.15. The number of nitrogens with zero attached hydrogens (tertiary/aromatic N) is 1. The summed E-state index contributed by atoms with van der Waals surface area (Å²) >= 11 is 1.94. The Hall–Kier alpha value is -0.760. The van der Waals surface area contributed by atoms with E-state index in [1.807, 2.05) is 11.8 Å². The van der Waals surface area contributed by atoms with E-state index in [1.165, 1.54) is 28.0 Å². The maximum atomic E-state index is 4.42. The highest BCUT2D eigenvalue weighted by molar-refractivity contribution is 8.02. The third-order valence-electron chi connectivity index (χ3n) is 3.29. The van der Waals surface area contributed by atoms with Gasteiger partial charge in [-0.15, -0.1) is 11.8 Å². The second-order valence-corrected chi connectivity index (χ2v) is 6.24. The van der Waals surface area contributed by atoms with Crippen LogP contribution in [0.3, 0.4) is 0 Å². The fourth-order valence-corrected chi connectivity index (χ4v) is 3.33. The van der Waals surface area contributed by atoms with Crippen molar-refractivity contribution in [3.05, 3.63) is 34.5 Å². The third kappa shape index (κ3) is 2.57. The van der Waals surface area contributed by atoms with Crippen LogP contribution in [0.4, 0.5) is 0 Å². The van der Waals surface area contributed by atoms with Crippen molar-refractivity contribution < 1.29 is 0 Å². The monoisotopic (exact) mass is 247 g/mol. The molecule has 0 bridgehead atoms. The average molecular weight is 247 g/mol. The summed E-state index contributed by atoms with van der Waals surface area (Å²) in [6.45, 7) is 9.08. The molecule has 0 aliphatic carbocycles. The Morgan fingerprint density at radius 3 is 2.53 bits per heavy atom. The average Bonchev–Trinajstić information content (AvgIpc) is 2.50. The van der Waals surface area contributed by atoms with E-state index >= 15 is 0 Å². The summed E-state index contributed by atoms with van der Waals surface area (Å²) in [5, 5.41) is 2.36. The predicted octanol–water partition coefficient (Wildman–Crippen LogP) is 4.49. The minimum atomic E-state index is 0.544. The van der Waals surface area contributed by atoms with E-state index in [-0.39, 0.29) is 0 Å². The molecule has 2 rings (SSSR count). The Bertz CT molecular complexity index is 433. The molecule has 0 atom stereocenters. The highest BCUT2D eigenvalue weighted by atomic mass is 32.2. The van der Waals surface area contributed by atoms with Crippen molar-refractivity contribution in [2.75, 3.05) is 5.75 Å². The lowest BCUT2D eigenvalue weighted by molar-refractivity contribution is 0.819. The molecule has 0 saturated carbocycles. The van der Waals surface area contributed by atoms with Crippen LogP contribution in [0.2, 0.25) is 0 Å². The number of hydrogen-bond acceptors (Lipinski definition) is 2. The van der Waals surface area contributed by atoms with Gasteiger partial charge in [-0.05, 0) is 45.9 Å². The summed E-state index contributed by atoms with van der Waals surface area (Å²) < 4.78 is 0. The number of hydrogen-bond donors (Lipinski definition) is 0. The van der Waals surface area contributed by atoms with Crippen molar-refractivity contribution in [3.8, 4) is 0 Å². The molecule has 0 amide bonds. The summed E-state index contributed by atoms with van der Waals surface area (Å²) in [6.07, 6.45) is 5.25. The highest BCUT2D eigenvalue weighted by Crippen LogP contribution is 2.36. The molecule has 0 spiro atoms. The Morgan fingerprint density at radius 1 is 1.12 bits per heavy atom. The molecule has 1 nitrogen and oxygen atoms in total. The van der Waals surface area contributed by atoms with Crippen molar-refractivity contribution in [1.82, 2.24) is 4.98 Å². The van der Waals surface area contributed by atoms with Crippen molar-refractivity contribution in [3.63, 3.8) is 0 Å². The molecule has 0 fully saturated rings. The second kappa shape index (κ2) is 5.26. The van der Waals surface area contributed by atoms with Crippen molar-refractivity contribution >= 4 is 17.3 Å². The minimum Gasteiger partial charge on any atom is -0.264 e. The number of fused-ring (bicyclic) bond motifs is 1. The zero-order valence-corrected chi connectivity index (χ0v) is 12.0.